The number of rotatable bonds is 8. The van der Waals surface area contributed by atoms with Gasteiger partial charge < -0.3 is 25.0 Å². The Morgan fingerprint density at radius 2 is 1.77 bits per heavy atom. The van der Waals surface area contributed by atoms with Gasteiger partial charge in [-0.25, -0.2) is 0 Å². The van der Waals surface area contributed by atoms with Gasteiger partial charge in [0.2, 0.25) is 0 Å². The molecule has 0 aliphatic carbocycles. The Labute approximate surface area is 174 Å². The molecule has 0 bridgehead atoms. The summed E-state index contributed by atoms with van der Waals surface area (Å²) in [5.74, 6) is 0.886. The van der Waals surface area contributed by atoms with E-state index < -0.39 is 6.61 Å². The van der Waals surface area contributed by atoms with Crippen molar-refractivity contribution >= 4 is 11.9 Å². The molecular weight excluding hydrogens is 394 g/mol. The Hall–Kier alpha value is -3.36. The maximum Gasteiger partial charge on any atom is 0.387 e. The normalized spacial score (nSPS) is 11.2. The lowest BCUT2D eigenvalue weighted by Crippen LogP contribution is -2.36. The summed E-state index contributed by atoms with van der Waals surface area (Å²) in [6.45, 7) is -2.24. The maximum absolute atomic E-state index is 12.7. The van der Waals surface area contributed by atoms with Crippen molar-refractivity contribution in [3.05, 3.63) is 59.2 Å². The molecule has 0 saturated heterocycles. The standard InChI is InChI=1S/C21H26F2N4O3/c1-24-21(25-12-14-5-7-15(8-6-14)19(28)27(2)3)26-13-16-9-10-17(29-4)11-18(16)30-20(22)23/h5-11,20H,12-13H2,1-4H3,(H2,24,25,26). The number of aliphatic imine (C=N–C) groups is 1. The van der Waals surface area contributed by atoms with E-state index in [0.717, 1.165) is 5.56 Å². The number of alkyl halides is 2. The predicted molar refractivity (Wildman–Crippen MR) is 111 cm³/mol. The van der Waals surface area contributed by atoms with Crippen molar-refractivity contribution in [2.24, 2.45) is 4.99 Å². The van der Waals surface area contributed by atoms with E-state index in [1.807, 2.05) is 12.1 Å². The molecule has 0 aliphatic rings. The van der Waals surface area contributed by atoms with Gasteiger partial charge in [0.15, 0.2) is 5.96 Å². The van der Waals surface area contributed by atoms with Crippen molar-refractivity contribution in [1.29, 1.82) is 0 Å². The van der Waals surface area contributed by atoms with Crippen LogP contribution in [0.2, 0.25) is 0 Å². The molecule has 2 rings (SSSR count). The Morgan fingerprint density at radius 1 is 1.10 bits per heavy atom. The minimum absolute atomic E-state index is 0.0356. The molecule has 0 fully saturated rings. The van der Waals surface area contributed by atoms with Gasteiger partial charge in [-0.2, -0.15) is 8.78 Å². The summed E-state index contributed by atoms with van der Waals surface area (Å²) in [6, 6.07) is 12.0. The van der Waals surface area contributed by atoms with Gasteiger partial charge in [-0.1, -0.05) is 12.1 Å². The van der Waals surface area contributed by atoms with Gasteiger partial charge in [-0.05, 0) is 29.8 Å². The molecule has 0 atom stereocenters. The van der Waals surface area contributed by atoms with Crippen molar-refractivity contribution in [2.75, 3.05) is 28.3 Å². The monoisotopic (exact) mass is 420 g/mol. The molecule has 0 radical (unpaired) electrons. The molecule has 0 spiro atoms. The van der Waals surface area contributed by atoms with Crippen LogP contribution in [0.25, 0.3) is 0 Å². The highest BCUT2D eigenvalue weighted by molar-refractivity contribution is 5.93. The molecule has 2 aromatic rings. The second-order valence-corrected chi connectivity index (χ2v) is 6.53. The minimum Gasteiger partial charge on any atom is -0.497 e. The summed E-state index contributed by atoms with van der Waals surface area (Å²) in [7, 11) is 6.47. The summed E-state index contributed by atoms with van der Waals surface area (Å²) in [6.07, 6.45) is 0. The van der Waals surface area contributed by atoms with Crippen LogP contribution in [-0.4, -0.2) is 51.6 Å². The quantitative estimate of drug-likeness (QED) is 0.507. The first-order chi connectivity index (χ1) is 14.3. The summed E-state index contributed by atoms with van der Waals surface area (Å²) in [5, 5.41) is 6.20. The highest BCUT2D eigenvalue weighted by atomic mass is 19.3. The van der Waals surface area contributed by atoms with Crippen molar-refractivity contribution in [2.45, 2.75) is 19.7 Å². The van der Waals surface area contributed by atoms with Crippen LogP contribution in [0, 0.1) is 0 Å². The number of guanidine groups is 1. The molecule has 0 aliphatic heterocycles. The van der Waals surface area contributed by atoms with E-state index in [9.17, 15) is 13.6 Å². The van der Waals surface area contributed by atoms with E-state index in [0.29, 0.717) is 29.4 Å². The van der Waals surface area contributed by atoms with Crippen LogP contribution in [-0.2, 0) is 13.1 Å². The molecule has 0 unspecified atom stereocenters. The lowest BCUT2D eigenvalue weighted by Gasteiger charge is -2.15. The van der Waals surface area contributed by atoms with Crippen molar-refractivity contribution < 1.29 is 23.0 Å². The number of amides is 1. The van der Waals surface area contributed by atoms with Crippen molar-refractivity contribution in [1.82, 2.24) is 15.5 Å². The summed E-state index contributed by atoms with van der Waals surface area (Å²) < 4.78 is 35.0. The van der Waals surface area contributed by atoms with E-state index in [4.69, 9.17) is 4.74 Å². The zero-order chi connectivity index (χ0) is 22.1. The van der Waals surface area contributed by atoms with E-state index in [1.54, 1.807) is 45.4 Å². The average Bonchev–Trinajstić information content (AvgIpc) is 2.74. The second kappa shape index (κ2) is 11.0. The van der Waals surface area contributed by atoms with Crippen LogP contribution >= 0.6 is 0 Å². The van der Waals surface area contributed by atoms with Gasteiger partial charge >= 0.3 is 6.61 Å². The first kappa shape index (κ1) is 22.9. The summed E-state index contributed by atoms with van der Waals surface area (Å²) in [4.78, 5) is 17.6. The number of methoxy groups -OCH3 is 1. The molecule has 2 aromatic carbocycles. The Morgan fingerprint density at radius 3 is 2.33 bits per heavy atom. The van der Waals surface area contributed by atoms with Gasteiger partial charge in [0.1, 0.15) is 11.5 Å². The lowest BCUT2D eigenvalue weighted by molar-refractivity contribution is -0.0505. The third-order valence-corrected chi connectivity index (χ3v) is 4.23. The largest absolute Gasteiger partial charge is 0.497 e. The van der Waals surface area contributed by atoms with Gasteiger partial charge in [0, 0.05) is 51.4 Å². The molecule has 2 N–H and O–H groups in total. The average molecular weight is 420 g/mol. The maximum atomic E-state index is 12.7. The zero-order valence-corrected chi connectivity index (χ0v) is 17.4. The van der Waals surface area contributed by atoms with Crippen LogP contribution in [0.1, 0.15) is 21.5 Å². The topological polar surface area (TPSA) is 75.2 Å². The molecule has 9 heteroatoms. The van der Waals surface area contributed by atoms with Crippen LogP contribution < -0.4 is 20.1 Å². The smallest absolute Gasteiger partial charge is 0.387 e. The Bertz CT molecular complexity index is 871. The van der Waals surface area contributed by atoms with Crippen LogP contribution in [0.4, 0.5) is 8.78 Å². The van der Waals surface area contributed by atoms with Crippen LogP contribution in [0.15, 0.2) is 47.5 Å². The highest BCUT2D eigenvalue weighted by Crippen LogP contribution is 2.26. The first-order valence-corrected chi connectivity index (χ1v) is 9.21. The first-order valence-electron chi connectivity index (χ1n) is 9.21. The Kier molecular flexibility index (Phi) is 8.40. The predicted octanol–water partition coefficient (Wildman–Crippen LogP) is 2.86. The molecule has 0 heterocycles. The zero-order valence-electron chi connectivity index (χ0n) is 17.4. The van der Waals surface area contributed by atoms with Gasteiger partial charge in [-0.15, -0.1) is 0 Å². The summed E-state index contributed by atoms with van der Waals surface area (Å²) >= 11 is 0. The molecule has 1 amide bonds. The van der Waals surface area contributed by atoms with E-state index in [1.165, 1.54) is 18.1 Å². The SMILES string of the molecule is CN=C(NCc1ccc(C(=O)N(C)C)cc1)NCc1ccc(OC)cc1OC(F)F. The molecule has 30 heavy (non-hydrogen) atoms. The molecule has 0 saturated carbocycles. The number of benzene rings is 2. The molecule has 0 aromatic heterocycles. The fourth-order valence-corrected chi connectivity index (χ4v) is 2.62. The number of hydrogen-bond donors (Lipinski definition) is 2. The summed E-state index contributed by atoms with van der Waals surface area (Å²) in [5.41, 5.74) is 2.10. The fraction of sp³-hybridized carbons (Fsp3) is 0.333. The lowest BCUT2D eigenvalue weighted by atomic mass is 10.1. The van der Waals surface area contributed by atoms with Crippen LogP contribution in [0.3, 0.4) is 0 Å². The van der Waals surface area contributed by atoms with E-state index in [2.05, 4.69) is 20.4 Å². The van der Waals surface area contributed by atoms with Crippen molar-refractivity contribution in [3.8, 4) is 11.5 Å². The van der Waals surface area contributed by atoms with Gasteiger partial charge in [-0.3, -0.25) is 9.79 Å². The second-order valence-electron chi connectivity index (χ2n) is 6.53. The third kappa shape index (κ3) is 6.61. The van der Waals surface area contributed by atoms with Gasteiger partial charge in [0.05, 0.1) is 7.11 Å². The highest BCUT2D eigenvalue weighted by Gasteiger charge is 2.12. The number of halogens is 2. The number of hydrogen-bond acceptors (Lipinski definition) is 4. The number of nitrogens with one attached hydrogen (secondary N) is 2. The molecule has 7 nitrogen and oxygen atoms in total. The third-order valence-electron chi connectivity index (χ3n) is 4.23. The van der Waals surface area contributed by atoms with E-state index in [-0.39, 0.29) is 18.2 Å². The minimum atomic E-state index is -2.93. The van der Waals surface area contributed by atoms with Gasteiger partial charge in [0.25, 0.3) is 5.91 Å². The number of nitrogens with zero attached hydrogens (tertiary/aromatic N) is 2. The van der Waals surface area contributed by atoms with Crippen LogP contribution in [0.5, 0.6) is 11.5 Å². The number of carbonyl (C=O) groups is 1. The fourth-order valence-electron chi connectivity index (χ4n) is 2.62. The Balaban J connectivity index is 1.96. The number of carbonyl (C=O) groups excluding carboxylic acids is 1. The van der Waals surface area contributed by atoms with Crippen molar-refractivity contribution in [3.63, 3.8) is 0 Å². The van der Waals surface area contributed by atoms with E-state index >= 15 is 0 Å². The molecule has 162 valence electrons. The molecular formula is C21H26F2N4O3. The number of ether oxygens (including phenoxy) is 2.